The molecule has 6 nitrogen and oxygen atoms in total. The molecule has 1 saturated carbocycles. The Kier molecular flexibility index (Phi) is 11.4. The van der Waals surface area contributed by atoms with Gasteiger partial charge in [-0.1, -0.05) is 12.1 Å². The molecule has 1 aromatic carbocycles. The molecule has 0 bridgehead atoms. The van der Waals surface area contributed by atoms with Crippen LogP contribution in [0.2, 0.25) is 0 Å². The van der Waals surface area contributed by atoms with Gasteiger partial charge in [0, 0.05) is 39.3 Å². The van der Waals surface area contributed by atoms with Crippen LogP contribution in [0.4, 0.5) is 0 Å². The summed E-state index contributed by atoms with van der Waals surface area (Å²) in [6.45, 7) is 7.51. The first-order valence-corrected chi connectivity index (χ1v) is 11.5. The van der Waals surface area contributed by atoms with E-state index in [1.807, 2.05) is 0 Å². The lowest BCUT2D eigenvalue weighted by Gasteiger charge is -2.39. The highest BCUT2D eigenvalue weighted by molar-refractivity contribution is 14.0. The first-order valence-electron chi connectivity index (χ1n) is 11.5. The van der Waals surface area contributed by atoms with E-state index in [0.717, 1.165) is 57.0 Å². The molecule has 0 radical (unpaired) electrons. The monoisotopic (exact) mass is 544 g/mol. The lowest BCUT2D eigenvalue weighted by Crippen LogP contribution is -2.42. The standard InChI is InChI=1S/C24H40N4O2.HI/c1-5-25-24(28(3)15-16-30-18-19-8-9-19)26-17-21-7-6-14-27(2)23(21)20-10-12-22(29-4)13-11-20;/h10-13,19,21,23H,5-9,14-18H2,1-4H3,(H,25,26);1H. The van der Waals surface area contributed by atoms with Crippen molar-refractivity contribution in [1.29, 1.82) is 0 Å². The van der Waals surface area contributed by atoms with Gasteiger partial charge in [-0.2, -0.15) is 0 Å². The molecule has 0 amide bonds. The van der Waals surface area contributed by atoms with Crippen molar-refractivity contribution >= 4 is 29.9 Å². The van der Waals surface area contributed by atoms with Gasteiger partial charge in [0.05, 0.1) is 13.7 Å². The number of guanidine groups is 1. The van der Waals surface area contributed by atoms with Crippen molar-refractivity contribution in [3.05, 3.63) is 29.8 Å². The molecule has 1 heterocycles. The third-order valence-electron chi connectivity index (χ3n) is 6.26. The van der Waals surface area contributed by atoms with Crippen LogP contribution in [0.3, 0.4) is 0 Å². The summed E-state index contributed by atoms with van der Waals surface area (Å²) in [4.78, 5) is 9.71. The lowest BCUT2D eigenvalue weighted by molar-refractivity contribution is 0.114. The Morgan fingerprint density at radius 2 is 1.97 bits per heavy atom. The molecule has 3 rings (SSSR count). The average Bonchev–Trinajstić information content (AvgIpc) is 3.58. The highest BCUT2D eigenvalue weighted by Crippen LogP contribution is 2.36. The quantitative estimate of drug-likeness (QED) is 0.209. The summed E-state index contributed by atoms with van der Waals surface area (Å²) in [5.74, 6) is 3.21. The van der Waals surface area contributed by atoms with Gasteiger partial charge in [-0.25, -0.2) is 0 Å². The van der Waals surface area contributed by atoms with Crippen molar-refractivity contribution in [3.63, 3.8) is 0 Å². The number of ether oxygens (including phenoxy) is 2. The summed E-state index contributed by atoms with van der Waals surface area (Å²) in [5, 5.41) is 3.46. The Labute approximate surface area is 205 Å². The van der Waals surface area contributed by atoms with Crippen LogP contribution >= 0.6 is 24.0 Å². The summed E-state index contributed by atoms with van der Waals surface area (Å²) >= 11 is 0. The first kappa shape index (κ1) is 26.2. The third-order valence-corrected chi connectivity index (χ3v) is 6.26. The van der Waals surface area contributed by atoms with Gasteiger partial charge in [-0.15, -0.1) is 24.0 Å². The van der Waals surface area contributed by atoms with Gasteiger partial charge in [0.15, 0.2) is 5.96 Å². The Balaban J connectivity index is 0.00000341. The van der Waals surface area contributed by atoms with E-state index in [4.69, 9.17) is 14.5 Å². The molecule has 176 valence electrons. The molecule has 1 aliphatic carbocycles. The van der Waals surface area contributed by atoms with Crippen LogP contribution in [-0.2, 0) is 4.74 Å². The highest BCUT2D eigenvalue weighted by atomic mass is 127. The number of methoxy groups -OCH3 is 1. The molecule has 0 aromatic heterocycles. The molecule has 1 N–H and O–H groups in total. The number of hydrogen-bond acceptors (Lipinski definition) is 4. The van der Waals surface area contributed by atoms with Crippen LogP contribution in [0.25, 0.3) is 0 Å². The maximum atomic E-state index is 5.82. The molecular weight excluding hydrogens is 503 g/mol. The van der Waals surface area contributed by atoms with Crippen LogP contribution in [-0.4, -0.2) is 76.4 Å². The maximum absolute atomic E-state index is 5.82. The first-order chi connectivity index (χ1) is 14.6. The highest BCUT2D eigenvalue weighted by Gasteiger charge is 2.30. The van der Waals surface area contributed by atoms with E-state index >= 15 is 0 Å². The predicted molar refractivity (Wildman–Crippen MR) is 139 cm³/mol. The summed E-state index contributed by atoms with van der Waals surface area (Å²) in [5.41, 5.74) is 1.35. The Morgan fingerprint density at radius 3 is 2.61 bits per heavy atom. The van der Waals surface area contributed by atoms with E-state index in [-0.39, 0.29) is 24.0 Å². The molecule has 7 heteroatoms. The van der Waals surface area contributed by atoms with Gasteiger partial charge >= 0.3 is 0 Å². The minimum Gasteiger partial charge on any atom is -0.497 e. The van der Waals surface area contributed by atoms with Crippen LogP contribution in [0, 0.1) is 11.8 Å². The number of nitrogens with zero attached hydrogens (tertiary/aromatic N) is 3. The van der Waals surface area contributed by atoms with Gasteiger partial charge in [-0.05, 0) is 75.7 Å². The van der Waals surface area contributed by atoms with Crippen LogP contribution in [0.5, 0.6) is 5.75 Å². The number of likely N-dealkylation sites (N-methyl/N-ethyl adjacent to an activating group) is 1. The van der Waals surface area contributed by atoms with Crippen molar-refractivity contribution in [2.45, 2.75) is 38.6 Å². The van der Waals surface area contributed by atoms with E-state index in [0.29, 0.717) is 12.0 Å². The summed E-state index contributed by atoms with van der Waals surface area (Å²) in [6, 6.07) is 8.94. The van der Waals surface area contributed by atoms with Gasteiger partial charge in [0.2, 0.25) is 0 Å². The zero-order chi connectivity index (χ0) is 21.3. The molecule has 1 aliphatic heterocycles. The normalized spacial score (nSPS) is 22.0. The van der Waals surface area contributed by atoms with Crippen molar-refractivity contribution in [3.8, 4) is 5.75 Å². The molecule has 2 atom stereocenters. The SMILES string of the molecule is CCNC(=NCC1CCCN(C)C1c1ccc(OC)cc1)N(C)CCOCC1CC1.I. The second kappa shape index (κ2) is 13.5. The summed E-state index contributed by atoms with van der Waals surface area (Å²) in [6.07, 6.45) is 5.11. The lowest BCUT2D eigenvalue weighted by atomic mass is 9.85. The molecule has 2 unspecified atom stereocenters. The van der Waals surface area contributed by atoms with Crippen molar-refractivity contribution in [2.24, 2.45) is 16.8 Å². The summed E-state index contributed by atoms with van der Waals surface area (Å²) in [7, 11) is 6.06. The van der Waals surface area contributed by atoms with Gasteiger partial charge < -0.3 is 19.7 Å². The molecule has 2 aliphatic rings. The zero-order valence-corrected chi connectivity index (χ0v) is 22.0. The molecule has 0 spiro atoms. The van der Waals surface area contributed by atoms with Crippen LogP contribution < -0.4 is 10.1 Å². The summed E-state index contributed by atoms with van der Waals surface area (Å²) < 4.78 is 11.2. The minimum absolute atomic E-state index is 0. The van der Waals surface area contributed by atoms with E-state index in [1.165, 1.54) is 31.2 Å². The molecule has 31 heavy (non-hydrogen) atoms. The van der Waals surface area contributed by atoms with Gasteiger partial charge in [0.25, 0.3) is 0 Å². The second-order valence-corrected chi connectivity index (χ2v) is 8.74. The zero-order valence-electron chi connectivity index (χ0n) is 19.7. The largest absolute Gasteiger partial charge is 0.497 e. The van der Waals surface area contributed by atoms with E-state index < -0.39 is 0 Å². The number of hydrogen-bond donors (Lipinski definition) is 1. The van der Waals surface area contributed by atoms with Crippen LogP contribution in [0.15, 0.2) is 29.3 Å². The fourth-order valence-corrected chi connectivity index (χ4v) is 4.29. The number of nitrogens with one attached hydrogen (secondary N) is 1. The van der Waals surface area contributed by atoms with Crippen molar-refractivity contribution < 1.29 is 9.47 Å². The van der Waals surface area contributed by atoms with Crippen molar-refractivity contribution in [2.75, 3.05) is 60.6 Å². The Hall–Kier alpha value is -1.06. The predicted octanol–water partition coefficient (Wildman–Crippen LogP) is 4.02. The molecule has 1 saturated heterocycles. The molecule has 1 aromatic rings. The van der Waals surface area contributed by atoms with E-state index in [2.05, 4.69) is 60.4 Å². The topological polar surface area (TPSA) is 49.3 Å². The number of piperidine rings is 1. The maximum Gasteiger partial charge on any atom is 0.193 e. The molecular formula is C24H41IN4O2. The van der Waals surface area contributed by atoms with Gasteiger partial charge in [-0.3, -0.25) is 9.89 Å². The van der Waals surface area contributed by atoms with E-state index in [1.54, 1.807) is 7.11 Å². The molecule has 2 fully saturated rings. The van der Waals surface area contributed by atoms with E-state index in [9.17, 15) is 0 Å². The fourth-order valence-electron chi connectivity index (χ4n) is 4.29. The number of halogens is 1. The second-order valence-electron chi connectivity index (χ2n) is 8.74. The Morgan fingerprint density at radius 1 is 1.23 bits per heavy atom. The smallest absolute Gasteiger partial charge is 0.193 e. The van der Waals surface area contributed by atoms with Crippen molar-refractivity contribution in [1.82, 2.24) is 15.1 Å². The average molecular weight is 545 g/mol. The minimum atomic E-state index is 0. The Bertz CT molecular complexity index is 666. The van der Waals surface area contributed by atoms with Gasteiger partial charge in [0.1, 0.15) is 5.75 Å². The number of likely N-dealkylation sites (tertiary alicyclic amines) is 1. The number of aliphatic imine (C=N–C) groups is 1. The fraction of sp³-hybridized carbons (Fsp3) is 0.708. The number of rotatable bonds is 10. The number of benzene rings is 1. The van der Waals surface area contributed by atoms with Crippen LogP contribution in [0.1, 0.15) is 44.2 Å². The third kappa shape index (κ3) is 8.09.